The van der Waals surface area contributed by atoms with Crippen LogP contribution < -0.4 is 5.32 Å². The molecule has 1 aromatic rings. The molecule has 1 unspecified atom stereocenters. The van der Waals surface area contributed by atoms with Crippen molar-refractivity contribution in [3.8, 4) is 0 Å². The third-order valence-corrected chi connectivity index (χ3v) is 6.02. The van der Waals surface area contributed by atoms with Crippen LogP contribution in [0.25, 0.3) is 0 Å². The van der Waals surface area contributed by atoms with Crippen LogP contribution in [0, 0.1) is 17.8 Å². The number of ether oxygens (including phenoxy) is 1. The fourth-order valence-corrected chi connectivity index (χ4v) is 4.42. The molecule has 0 radical (unpaired) electrons. The largest absolute Gasteiger partial charge is 0.457 e. The molecule has 1 amide bonds. The molecule has 6 heteroatoms. The van der Waals surface area contributed by atoms with Crippen LogP contribution in [0.2, 0.25) is 0 Å². The molecular weight excluding hydrogens is 370 g/mol. The molecule has 0 saturated heterocycles. The Hall–Kier alpha value is -2.50. The summed E-state index contributed by atoms with van der Waals surface area (Å²) >= 11 is 0. The van der Waals surface area contributed by atoms with Crippen LogP contribution in [0.4, 0.5) is 0 Å². The van der Waals surface area contributed by atoms with Crippen molar-refractivity contribution >= 4 is 23.4 Å². The lowest BCUT2D eigenvalue weighted by atomic mass is 9.67. The van der Waals surface area contributed by atoms with Crippen LogP contribution in [0.15, 0.2) is 24.3 Å². The molecule has 2 aliphatic rings. The Bertz CT molecular complexity index is 754. The second-order valence-electron chi connectivity index (χ2n) is 8.21. The molecule has 0 aliphatic heterocycles. The summed E-state index contributed by atoms with van der Waals surface area (Å²) < 4.78 is 5.29. The minimum atomic E-state index is -0.350. The minimum Gasteiger partial charge on any atom is -0.457 e. The zero-order valence-electron chi connectivity index (χ0n) is 16.9. The molecule has 1 aromatic carbocycles. The zero-order chi connectivity index (χ0) is 20.8. The van der Waals surface area contributed by atoms with Gasteiger partial charge in [-0.2, -0.15) is 0 Å². The first kappa shape index (κ1) is 21.2. The number of carbonyl (C=O) groups is 4. The summed E-state index contributed by atoms with van der Waals surface area (Å²) in [6, 6.07) is 7.26. The summed E-state index contributed by atoms with van der Waals surface area (Å²) in [6.07, 6.45) is 5.57. The zero-order valence-corrected chi connectivity index (χ0v) is 16.9. The fraction of sp³-hybridized carbons (Fsp3) is 0.565. The van der Waals surface area contributed by atoms with E-state index in [0.717, 1.165) is 37.7 Å². The van der Waals surface area contributed by atoms with E-state index in [0.29, 0.717) is 30.7 Å². The Morgan fingerprint density at radius 2 is 1.72 bits per heavy atom. The van der Waals surface area contributed by atoms with Gasteiger partial charge in [-0.3, -0.25) is 19.2 Å². The van der Waals surface area contributed by atoms with Gasteiger partial charge in [-0.25, -0.2) is 0 Å². The number of Topliss-reactive ketones (excluding diaryl/α,β-unsaturated/α-hetero) is 2. The van der Waals surface area contributed by atoms with Crippen LogP contribution in [-0.4, -0.2) is 36.6 Å². The molecule has 2 aliphatic carbocycles. The molecule has 6 nitrogen and oxygen atoms in total. The third-order valence-electron chi connectivity index (χ3n) is 6.02. The monoisotopic (exact) mass is 399 g/mol. The number of hydrogen-bond donors (Lipinski definition) is 1. The molecule has 0 heterocycles. The lowest BCUT2D eigenvalue weighted by molar-refractivity contribution is -0.152. The Labute approximate surface area is 171 Å². The number of benzene rings is 1. The van der Waals surface area contributed by atoms with Crippen LogP contribution in [0.1, 0.15) is 61.4 Å². The first-order valence-electron chi connectivity index (χ1n) is 10.5. The topological polar surface area (TPSA) is 89.5 Å². The van der Waals surface area contributed by atoms with E-state index in [1.54, 1.807) is 12.1 Å². The summed E-state index contributed by atoms with van der Waals surface area (Å²) in [5.74, 6) is -0.575. The Morgan fingerprint density at radius 3 is 2.34 bits per heavy atom. The maximum Gasteiger partial charge on any atom is 0.309 e. The van der Waals surface area contributed by atoms with E-state index in [1.165, 1.54) is 6.92 Å². The normalized spacial score (nSPS) is 23.3. The first-order chi connectivity index (χ1) is 13.9. The van der Waals surface area contributed by atoms with E-state index in [-0.39, 0.29) is 42.0 Å². The average molecular weight is 399 g/mol. The van der Waals surface area contributed by atoms with E-state index in [1.807, 2.05) is 12.1 Å². The minimum absolute atomic E-state index is 0.00561. The second-order valence-corrected chi connectivity index (χ2v) is 8.21. The average Bonchev–Trinajstić information content (AvgIpc) is 2.69. The summed E-state index contributed by atoms with van der Waals surface area (Å²) in [4.78, 5) is 47.7. The van der Waals surface area contributed by atoms with E-state index >= 15 is 0 Å². The predicted octanol–water partition coefficient (Wildman–Crippen LogP) is 2.88. The molecule has 0 aromatic heterocycles. The van der Waals surface area contributed by atoms with E-state index in [2.05, 4.69) is 5.32 Å². The van der Waals surface area contributed by atoms with Crippen molar-refractivity contribution in [2.24, 2.45) is 17.8 Å². The standard InChI is InChI=1S/C23H29NO5/c1-15(25)24-11-3-4-16-7-9-17(10-8-16)21(26)14-29-23(28)20-12-18-5-2-6-19(13-20)22(18)27/h7-10,18-20H,2-6,11-14H2,1H3,(H,24,25)/t18-,19+,20?. The molecule has 1 N–H and O–H groups in total. The molecule has 156 valence electrons. The van der Waals surface area contributed by atoms with Gasteiger partial charge in [0.15, 0.2) is 12.4 Å². The number of rotatable bonds is 8. The van der Waals surface area contributed by atoms with Crippen molar-refractivity contribution in [1.29, 1.82) is 0 Å². The van der Waals surface area contributed by atoms with Gasteiger partial charge in [-0.15, -0.1) is 0 Å². The van der Waals surface area contributed by atoms with E-state index < -0.39 is 0 Å². The van der Waals surface area contributed by atoms with Gasteiger partial charge in [0.05, 0.1) is 5.92 Å². The van der Waals surface area contributed by atoms with Gasteiger partial charge in [-0.05, 0) is 44.1 Å². The molecule has 0 spiro atoms. The Kier molecular flexibility index (Phi) is 7.18. The number of fused-ring (bicyclic) bond motifs is 2. The fourth-order valence-electron chi connectivity index (χ4n) is 4.42. The summed E-state index contributed by atoms with van der Waals surface area (Å²) in [6.45, 7) is 1.85. The first-order valence-corrected chi connectivity index (χ1v) is 10.5. The lowest BCUT2D eigenvalue weighted by Gasteiger charge is -2.36. The van der Waals surface area contributed by atoms with Gasteiger partial charge >= 0.3 is 5.97 Å². The highest BCUT2D eigenvalue weighted by atomic mass is 16.5. The Balaban J connectivity index is 1.43. The van der Waals surface area contributed by atoms with Crippen molar-refractivity contribution < 1.29 is 23.9 Å². The van der Waals surface area contributed by atoms with Gasteiger partial charge in [0.2, 0.25) is 5.91 Å². The van der Waals surface area contributed by atoms with Crippen LogP contribution >= 0.6 is 0 Å². The molecule has 2 saturated carbocycles. The van der Waals surface area contributed by atoms with Gasteiger partial charge in [0.25, 0.3) is 0 Å². The highest BCUT2D eigenvalue weighted by molar-refractivity contribution is 5.98. The molecular formula is C23H29NO5. The molecule has 2 fully saturated rings. The maximum absolute atomic E-state index is 12.4. The summed E-state index contributed by atoms with van der Waals surface area (Å²) in [5.41, 5.74) is 1.60. The summed E-state index contributed by atoms with van der Waals surface area (Å²) in [7, 11) is 0. The van der Waals surface area contributed by atoms with Gasteiger partial charge in [0.1, 0.15) is 5.78 Å². The smallest absolute Gasteiger partial charge is 0.309 e. The third kappa shape index (κ3) is 5.75. The van der Waals surface area contributed by atoms with E-state index in [4.69, 9.17) is 4.74 Å². The molecule has 29 heavy (non-hydrogen) atoms. The van der Waals surface area contributed by atoms with Crippen molar-refractivity contribution in [1.82, 2.24) is 5.32 Å². The lowest BCUT2D eigenvalue weighted by Crippen LogP contribution is -2.39. The number of esters is 1. The van der Waals surface area contributed by atoms with Crippen LogP contribution in [0.3, 0.4) is 0 Å². The van der Waals surface area contributed by atoms with Crippen molar-refractivity contribution in [2.75, 3.05) is 13.2 Å². The van der Waals surface area contributed by atoms with Gasteiger partial charge in [-0.1, -0.05) is 30.7 Å². The number of hydrogen-bond acceptors (Lipinski definition) is 5. The van der Waals surface area contributed by atoms with Crippen LogP contribution in [0.5, 0.6) is 0 Å². The number of ketones is 2. The van der Waals surface area contributed by atoms with Gasteiger partial charge in [0, 0.05) is 30.9 Å². The van der Waals surface area contributed by atoms with E-state index in [9.17, 15) is 19.2 Å². The number of carbonyl (C=O) groups excluding carboxylic acids is 4. The number of amides is 1. The summed E-state index contributed by atoms with van der Waals surface area (Å²) in [5, 5.41) is 2.75. The van der Waals surface area contributed by atoms with Crippen molar-refractivity contribution in [3.63, 3.8) is 0 Å². The number of nitrogens with one attached hydrogen (secondary N) is 1. The SMILES string of the molecule is CC(=O)NCCCc1ccc(C(=O)COC(=O)C2C[C@H]3CCC[C@@H](C2)C3=O)cc1. The van der Waals surface area contributed by atoms with Gasteiger partial charge < -0.3 is 10.1 Å². The molecule has 2 bridgehead atoms. The molecule has 3 rings (SSSR count). The van der Waals surface area contributed by atoms with Crippen molar-refractivity contribution in [3.05, 3.63) is 35.4 Å². The highest BCUT2D eigenvalue weighted by Crippen LogP contribution is 2.40. The second kappa shape index (κ2) is 9.81. The Morgan fingerprint density at radius 1 is 1.07 bits per heavy atom. The van der Waals surface area contributed by atoms with Crippen molar-refractivity contribution in [2.45, 2.75) is 51.9 Å². The highest BCUT2D eigenvalue weighted by Gasteiger charge is 2.41. The number of aryl methyl sites for hydroxylation is 1. The molecule has 3 atom stereocenters. The van der Waals surface area contributed by atoms with Crippen LogP contribution in [-0.2, 0) is 25.5 Å². The predicted molar refractivity (Wildman–Crippen MR) is 107 cm³/mol. The quantitative estimate of drug-likeness (QED) is 0.412. The maximum atomic E-state index is 12.4.